The van der Waals surface area contributed by atoms with Gasteiger partial charge in [0.25, 0.3) is 0 Å². The highest BCUT2D eigenvalue weighted by Crippen LogP contribution is 2.14. The molecule has 0 spiro atoms. The molecule has 0 saturated carbocycles. The molecular weight excluding hydrogens is 175 g/mol. The number of ether oxygens (including phenoxy) is 2. The number of hydrogen-bond donors (Lipinski definition) is 0. The minimum Gasteiger partial charge on any atom is -0.350 e. The van der Waals surface area contributed by atoms with E-state index in [1.165, 1.54) is 44.8 Å². The van der Waals surface area contributed by atoms with Crippen LogP contribution >= 0.6 is 0 Å². The summed E-state index contributed by atoms with van der Waals surface area (Å²) in [5, 5.41) is 0. The van der Waals surface area contributed by atoms with Gasteiger partial charge >= 0.3 is 0 Å². The van der Waals surface area contributed by atoms with Crippen molar-refractivity contribution in [3.05, 3.63) is 0 Å². The summed E-state index contributed by atoms with van der Waals surface area (Å²) in [7, 11) is 2.26. The fraction of sp³-hybridized carbons (Fsp3) is 1.00. The molecule has 1 saturated heterocycles. The van der Waals surface area contributed by atoms with Crippen molar-refractivity contribution in [1.29, 1.82) is 0 Å². The summed E-state index contributed by atoms with van der Waals surface area (Å²) in [6.07, 6.45) is 10.7. The van der Waals surface area contributed by atoms with Crippen LogP contribution in [0, 0.1) is 0 Å². The van der Waals surface area contributed by atoms with Crippen LogP contribution in [0.25, 0.3) is 0 Å². The third-order valence-electron chi connectivity index (χ3n) is 2.73. The summed E-state index contributed by atoms with van der Waals surface area (Å²) < 4.78 is 10.8. The first-order valence-corrected chi connectivity index (χ1v) is 6.16. The Morgan fingerprint density at radius 1 is 0.857 bits per heavy atom. The Labute approximate surface area is 88.8 Å². The molecule has 82 valence electrons. The molecule has 1 rings (SSSR count). The van der Waals surface area contributed by atoms with Crippen molar-refractivity contribution in [1.82, 2.24) is 0 Å². The predicted molar refractivity (Wildman–Crippen MR) is 61.4 cm³/mol. The van der Waals surface area contributed by atoms with Gasteiger partial charge in [-0.1, -0.05) is 38.4 Å². The number of rotatable bonds is 8. The lowest BCUT2D eigenvalue weighted by Gasteiger charge is -2.07. The van der Waals surface area contributed by atoms with E-state index in [-0.39, 0.29) is 6.29 Å². The molecule has 0 aromatic heterocycles. The summed E-state index contributed by atoms with van der Waals surface area (Å²) in [6.45, 7) is 1.59. The highest BCUT2D eigenvalue weighted by Gasteiger charge is 2.14. The smallest absolute Gasteiger partial charge is 0.157 e. The highest BCUT2D eigenvalue weighted by atomic mass is 16.7. The number of hydrogen-bond acceptors (Lipinski definition) is 2. The van der Waals surface area contributed by atoms with Crippen molar-refractivity contribution < 1.29 is 9.47 Å². The Morgan fingerprint density at radius 3 is 2.07 bits per heavy atom. The summed E-state index contributed by atoms with van der Waals surface area (Å²) in [4.78, 5) is 0. The van der Waals surface area contributed by atoms with Crippen molar-refractivity contribution >= 4 is 7.85 Å². The van der Waals surface area contributed by atoms with Crippen LogP contribution in [-0.4, -0.2) is 27.4 Å². The summed E-state index contributed by atoms with van der Waals surface area (Å²) in [5.74, 6) is 0. The maximum atomic E-state index is 5.38. The second kappa shape index (κ2) is 8.31. The van der Waals surface area contributed by atoms with E-state index in [1.807, 2.05) is 0 Å². The molecule has 0 atom stereocenters. The maximum Gasteiger partial charge on any atom is 0.157 e. The molecule has 1 heterocycles. The molecule has 1 aliphatic heterocycles. The molecule has 0 N–H and O–H groups in total. The van der Waals surface area contributed by atoms with Gasteiger partial charge in [0.05, 0.1) is 13.2 Å². The topological polar surface area (TPSA) is 18.5 Å². The van der Waals surface area contributed by atoms with Gasteiger partial charge in [-0.25, -0.2) is 0 Å². The Balaban J connectivity index is 1.75. The minimum atomic E-state index is 0.116. The van der Waals surface area contributed by atoms with E-state index in [2.05, 4.69) is 7.85 Å². The van der Waals surface area contributed by atoms with Crippen molar-refractivity contribution in [2.75, 3.05) is 13.2 Å². The van der Waals surface area contributed by atoms with E-state index < -0.39 is 0 Å². The molecule has 0 unspecified atom stereocenters. The predicted octanol–water partition coefficient (Wildman–Crippen LogP) is 2.14. The van der Waals surface area contributed by atoms with Crippen LogP contribution in [0.5, 0.6) is 0 Å². The van der Waals surface area contributed by atoms with Crippen LogP contribution in [-0.2, 0) is 9.47 Å². The second-order valence-corrected chi connectivity index (χ2v) is 4.08. The quantitative estimate of drug-likeness (QED) is 0.439. The molecule has 1 aliphatic rings. The van der Waals surface area contributed by atoms with Crippen molar-refractivity contribution in [3.8, 4) is 0 Å². The molecule has 2 nitrogen and oxygen atoms in total. The Kier molecular flexibility index (Phi) is 7.15. The first-order valence-electron chi connectivity index (χ1n) is 6.16. The van der Waals surface area contributed by atoms with E-state index >= 15 is 0 Å². The third kappa shape index (κ3) is 5.66. The fourth-order valence-corrected chi connectivity index (χ4v) is 1.84. The van der Waals surface area contributed by atoms with Crippen LogP contribution < -0.4 is 0 Å². The van der Waals surface area contributed by atoms with Crippen molar-refractivity contribution in [3.63, 3.8) is 0 Å². The molecule has 3 heteroatoms. The molecule has 1 fully saturated rings. The minimum absolute atomic E-state index is 0.116. The SMILES string of the molecule is BCCCCCCCCC1OCCO1. The lowest BCUT2D eigenvalue weighted by Crippen LogP contribution is -2.06. The van der Waals surface area contributed by atoms with E-state index in [0.29, 0.717) is 0 Å². The Bertz CT molecular complexity index is 124. The van der Waals surface area contributed by atoms with Gasteiger partial charge in [-0.15, -0.1) is 0 Å². The summed E-state index contributed by atoms with van der Waals surface area (Å²) in [5.41, 5.74) is 0. The van der Waals surface area contributed by atoms with Crippen molar-refractivity contribution in [2.24, 2.45) is 0 Å². The summed E-state index contributed by atoms with van der Waals surface area (Å²) >= 11 is 0. The van der Waals surface area contributed by atoms with Crippen LogP contribution in [0.1, 0.15) is 44.9 Å². The van der Waals surface area contributed by atoms with Crippen LogP contribution in [0.3, 0.4) is 0 Å². The summed E-state index contributed by atoms with van der Waals surface area (Å²) in [6, 6.07) is 0. The van der Waals surface area contributed by atoms with Gasteiger partial charge in [0.15, 0.2) is 6.29 Å². The zero-order chi connectivity index (χ0) is 10.1. The van der Waals surface area contributed by atoms with Gasteiger partial charge in [0.1, 0.15) is 7.85 Å². The molecule has 0 aliphatic carbocycles. The van der Waals surface area contributed by atoms with E-state index in [0.717, 1.165) is 19.6 Å². The van der Waals surface area contributed by atoms with Crippen LogP contribution in [0.2, 0.25) is 6.32 Å². The van der Waals surface area contributed by atoms with Crippen LogP contribution in [0.4, 0.5) is 0 Å². The van der Waals surface area contributed by atoms with Gasteiger partial charge < -0.3 is 9.47 Å². The van der Waals surface area contributed by atoms with Crippen LogP contribution in [0.15, 0.2) is 0 Å². The van der Waals surface area contributed by atoms with Gasteiger partial charge in [0.2, 0.25) is 0 Å². The number of unbranched alkanes of at least 4 members (excludes halogenated alkanes) is 5. The monoisotopic (exact) mass is 198 g/mol. The maximum absolute atomic E-state index is 5.38. The van der Waals surface area contributed by atoms with Crippen molar-refractivity contribution in [2.45, 2.75) is 57.6 Å². The lowest BCUT2D eigenvalue weighted by molar-refractivity contribution is -0.0480. The van der Waals surface area contributed by atoms with Gasteiger partial charge in [-0.05, 0) is 12.8 Å². The third-order valence-corrected chi connectivity index (χ3v) is 2.73. The molecule has 14 heavy (non-hydrogen) atoms. The lowest BCUT2D eigenvalue weighted by atomic mass is 9.98. The second-order valence-electron chi connectivity index (χ2n) is 4.08. The zero-order valence-corrected chi connectivity index (χ0v) is 9.46. The fourth-order valence-electron chi connectivity index (χ4n) is 1.84. The normalized spacial score (nSPS) is 17.7. The Hall–Kier alpha value is -0.0151. The highest BCUT2D eigenvalue weighted by molar-refractivity contribution is 6.08. The molecule has 0 bridgehead atoms. The molecule has 0 aromatic rings. The largest absolute Gasteiger partial charge is 0.350 e. The first kappa shape index (κ1) is 12.1. The zero-order valence-electron chi connectivity index (χ0n) is 9.46. The van der Waals surface area contributed by atoms with Gasteiger partial charge in [0, 0.05) is 0 Å². The average Bonchev–Trinajstić information content (AvgIpc) is 2.69. The molecule has 0 radical (unpaired) electrons. The van der Waals surface area contributed by atoms with E-state index in [1.54, 1.807) is 0 Å². The van der Waals surface area contributed by atoms with Gasteiger partial charge in [-0.3, -0.25) is 0 Å². The Morgan fingerprint density at radius 2 is 1.43 bits per heavy atom. The molecule has 0 aromatic carbocycles. The van der Waals surface area contributed by atoms with Gasteiger partial charge in [-0.2, -0.15) is 0 Å². The first-order chi connectivity index (χ1) is 6.93. The molecule has 0 amide bonds. The standard InChI is InChI=1S/C11H23BO2/c12-8-6-4-2-1-3-5-7-11-13-9-10-14-11/h11H,1-10,12H2. The average molecular weight is 198 g/mol. The van der Waals surface area contributed by atoms with E-state index in [4.69, 9.17) is 9.47 Å². The van der Waals surface area contributed by atoms with E-state index in [9.17, 15) is 0 Å². The molecular formula is C11H23BO2.